The molecule has 0 aliphatic heterocycles. The van der Waals surface area contributed by atoms with E-state index in [0.29, 0.717) is 16.8 Å². The highest BCUT2D eigenvalue weighted by atomic mass is 127. The molecule has 94 valence electrons. The van der Waals surface area contributed by atoms with E-state index in [2.05, 4.69) is 27.8 Å². The van der Waals surface area contributed by atoms with Gasteiger partial charge in [-0.2, -0.15) is 0 Å². The molecule has 2 aromatic rings. The van der Waals surface area contributed by atoms with Gasteiger partial charge in [0.2, 0.25) is 0 Å². The van der Waals surface area contributed by atoms with Crippen molar-refractivity contribution in [3.8, 4) is 0 Å². The van der Waals surface area contributed by atoms with Crippen molar-refractivity contribution in [1.82, 2.24) is 8.54 Å². The van der Waals surface area contributed by atoms with Crippen LogP contribution in [0.1, 0.15) is 12.5 Å². The summed E-state index contributed by atoms with van der Waals surface area (Å²) in [6.45, 7) is 5.59. The number of pyridine rings is 1. The molecule has 2 rings (SSSR count). The molecule has 0 unspecified atom stereocenters. The molecule has 4 nitrogen and oxygen atoms in total. The van der Waals surface area contributed by atoms with Crippen LogP contribution in [-0.2, 0) is 7.05 Å². The highest BCUT2D eigenvalue weighted by Crippen LogP contribution is 2.25. The van der Waals surface area contributed by atoms with E-state index >= 15 is 0 Å². The molecule has 0 aromatic carbocycles. The number of halogens is 1. The molecule has 0 amide bonds. The van der Waals surface area contributed by atoms with Gasteiger partial charge in [0.15, 0.2) is 0 Å². The third-order valence-corrected chi connectivity index (χ3v) is 4.48. The summed E-state index contributed by atoms with van der Waals surface area (Å²) < 4.78 is 3.33. The second-order valence-corrected chi connectivity index (χ2v) is 5.80. The fraction of sp³-hybridized carbons (Fsp3) is 0.167. The summed E-state index contributed by atoms with van der Waals surface area (Å²) in [5.41, 5.74) is 2.35. The monoisotopic (exact) mass is 373 g/mol. The van der Waals surface area contributed by atoms with Crippen molar-refractivity contribution in [1.29, 1.82) is 5.41 Å². The summed E-state index contributed by atoms with van der Waals surface area (Å²) in [5, 5.41) is 8.87. The van der Waals surface area contributed by atoms with Crippen molar-refractivity contribution in [2.24, 2.45) is 7.05 Å². The SMILES string of the molecule is C=C(C)C(=N)c1cn(C)c(=O)c2c1ccn2SI. The molecule has 0 saturated carbocycles. The van der Waals surface area contributed by atoms with E-state index in [-0.39, 0.29) is 5.56 Å². The van der Waals surface area contributed by atoms with Gasteiger partial charge in [-0.15, -0.1) is 0 Å². The number of rotatable bonds is 3. The summed E-state index contributed by atoms with van der Waals surface area (Å²) in [4.78, 5) is 12.1. The molecule has 0 fully saturated rings. The van der Waals surface area contributed by atoms with Crippen LogP contribution in [0.25, 0.3) is 10.9 Å². The lowest BCUT2D eigenvalue weighted by atomic mass is 10.0. The Hall–Kier alpha value is -1.02. The molecule has 18 heavy (non-hydrogen) atoms. The molecular weight excluding hydrogens is 361 g/mol. The van der Waals surface area contributed by atoms with Gasteiger partial charge in [0.05, 0.1) is 5.71 Å². The largest absolute Gasteiger partial charge is 0.316 e. The number of hydrogen-bond acceptors (Lipinski definition) is 3. The average molecular weight is 373 g/mol. The van der Waals surface area contributed by atoms with Crippen molar-refractivity contribution in [2.75, 3.05) is 0 Å². The smallest absolute Gasteiger partial charge is 0.275 e. The molecule has 0 bridgehead atoms. The lowest BCUT2D eigenvalue weighted by Gasteiger charge is -2.08. The number of aryl methyl sites for hydroxylation is 1. The van der Waals surface area contributed by atoms with E-state index in [4.69, 9.17) is 5.41 Å². The summed E-state index contributed by atoms with van der Waals surface area (Å²) in [7, 11) is 3.14. The number of allylic oxidation sites excluding steroid dienone is 1. The van der Waals surface area contributed by atoms with E-state index in [9.17, 15) is 4.79 Å². The minimum atomic E-state index is -0.0579. The highest BCUT2D eigenvalue weighted by molar-refractivity contribution is 14.2. The zero-order chi connectivity index (χ0) is 13.4. The molecule has 0 aliphatic rings. The Morgan fingerprint density at radius 1 is 1.56 bits per heavy atom. The van der Waals surface area contributed by atoms with Gasteiger partial charge in [0, 0.05) is 60.7 Å². The lowest BCUT2D eigenvalue weighted by Crippen LogP contribution is -2.20. The van der Waals surface area contributed by atoms with Crippen LogP contribution >= 0.6 is 30.3 Å². The van der Waals surface area contributed by atoms with Crippen molar-refractivity contribution >= 4 is 46.9 Å². The number of fused-ring (bicyclic) bond motifs is 1. The van der Waals surface area contributed by atoms with E-state index in [0.717, 1.165) is 10.9 Å². The first-order valence-electron chi connectivity index (χ1n) is 5.22. The van der Waals surface area contributed by atoms with Crippen LogP contribution in [0.3, 0.4) is 0 Å². The Morgan fingerprint density at radius 2 is 2.22 bits per heavy atom. The first-order valence-corrected chi connectivity index (χ1v) is 8.53. The van der Waals surface area contributed by atoms with Gasteiger partial charge >= 0.3 is 0 Å². The van der Waals surface area contributed by atoms with Gasteiger partial charge in [-0.3, -0.25) is 14.2 Å². The topological polar surface area (TPSA) is 50.8 Å². The highest BCUT2D eigenvalue weighted by Gasteiger charge is 2.15. The lowest BCUT2D eigenvalue weighted by molar-refractivity contribution is 0.867. The van der Waals surface area contributed by atoms with E-state index in [1.807, 2.05) is 16.2 Å². The van der Waals surface area contributed by atoms with Crippen molar-refractivity contribution < 1.29 is 0 Å². The molecule has 0 radical (unpaired) electrons. The molecule has 0 aliphatic carbocycles. The first kappa shape index (κ1) is 13.4. The Balaban J connectivity index is 2.89. The molecule has 2 heterocycles. The first-order chi connectivity index (χ1) is 8.47. The van der Waals surface area contributed by atoms with Gasteiger partial charge in [0.25, 0.3) is 5.56 Å². The summed E-state index contributed by atoms with van der Waals surface area (Å²) in [5.74, 6) is 0. The van der Waals surface area contributed by atoms with Crippen LogP contribution in [-0.4, -0.2) is 14.3 Å². The van der Waals surface area contributed by atoms with E-state index in [1.54, 1.807) is 20.2 Å². The Labute approximate surface area is 121 Å². The second-order valence-electron chi connectivity index (χ2n) is 4.09. The summed E-state index contributed by atoms with van der Waals surface area (Å²) >= 11 is 2.13. The van der Waals surface area contributed by atoms with Crippen LogP contribution in [0.15, 0.2) is 35.4 Å². The minimum absolute atomic E-state index is 0.0579. The number of nitrogens with one attached hydrogen (secondary N) is 1. The van der Waals surface area contributed by atoms with E-state index in [1.165, 1.54) is 13.7 Å². The molecule has 2 aromatic heterocycles. The fourth-order valence-corrected chi connectivity index (χ4v) is 3.15. The Kier molecular flexibility index (Phi) is 3.67. The minimum Gasteiger partial charge on any atom is -0.316 e. The van der Waals surface area contributed by atoms with Gasteiger partial charge < -0.3 is 4.57 Å². The van der Waals surface area contributed by atoms with Crippen molar-refractivity contribution in [3.05, 3.63) is 46.5 Å². The fourth-order valence-electron chi connectivity index (χ4n) is 1.82. The maximum atomic E-state index is 12.1. The van der Waals surface area contributed by atoms with Crippen LogP contribution in [0.5, 0.6) is 0 Å². The van der Waals surface area contributed by atoms with Crippen LogP contribution in [0.4, 0.5) is 0 Å². The number of aromatic nitrogens is 2. The Morgan fingerprint density at radius 3 is 2.78 bits per heavy atom. The Bertz CT molecular complexity index is 714. The van der Waals surface area contributed by atoms with Gasteiger partial charge in [-0.1, -0.05) is 6.58 Å². The average Bonchev–Trinajstić information content (AvgIpc) is 2.76. The third kappa shape index (κ3) is 2.03. The standard InChI is InChI=1S/C12H12IN3OS/c1-7(2)10(14)9-6-15(3)12(17)11-8(9)4-5-16(11)18-13/h4-6,14H,1H2,2-3H3. The molecule has 6 heteroatoms. The summed E-state index contributed by atoms with van der Waals surface area (Å²) in [6, 6.07) is 1.87. The van der Waals surface area contributed by atoms with E-state index < -0.39 is 0 Å². The van der Waals surface area contributed by atoms with Crippen molar-refractivity contribution in [3.63, 3.8) is 0 Å². The third-order valence-electron chi connectivity index (χ3n) is 2.76. The van der Waals surface area contributed by atoms with Crippen molar-refractivity contribution in [2.45, 2.75) is 6.92 Å². The predicted molar refractivity (Wildman–Crippen MR) is 85.8 cm³/mol. The normalized spacial score (nSPS) is 10.8. The molecule has 0 atom stereocenters. The van der Waals surface area contributed by atoms with Gasteiger partial charge in [-0.05, 0) is 18.6 Å². The quantitative estimate of drug-likeness (QED) is 0.664. The zero-order valence-corrected chi connectivity index (χ0v) is 13.0. The molecule has 0 spiro atoms. The molecule has 1 N–H and O–H groups in total. The predicted octanol–water partition coefficient (Wildman–Crippen LogP) is 3.13. The van der Waals surface area contributed by atoms with Gasteiger partial charge in [-0.25, -0.2) is 0 Å². The van der Waals surface area contributed by atoms with Crippen LogP contribution in [0, 0.1) is 5.41 Å². The number of nitrogens with zero attached hydrogens (tertiary/aromatic N) is 2. The van der Waals surface area contributed by atoms with Gasteiger partial charge in [0.1, 0.15) is 5.52 Å². The number of hydrogen-bond donors (Lipinski definition) is 1. The zero-order valence-electron chi connectivity index (χ0n) is 10.0. The molecule has 0 saturated heterocycles. The van der Waals surface area contributed by atoms with Crippen LogP contribution < -0.4 is 5.56 Å². The molecular formula is C12H12IN3OS. The maximum absolute atomic E-state index is 12.1. The maximum Gasteiger partial charge on any atom is 0.275 e. The second kappa shape index (κ2) is 4.93. The van der Waals surface area contributed by atoms with Crippen LogP contribution in [0.2, 0.25) is 0 Å². The summed E-state index contributed by atoms with van der Waals surface area (Å²) in [6.07, 6.45) is 3.54.